The molecule has 1 fully saturated rings. The molecular weight excluding hydrogens is 264 g/mol. The standard InChI is InChI=1S/C17H26N2O2/c1-15(21-16-9-4-2-5-10-16)17(20)18-11-8-14-19-12-6-3-7-13-19/h2,4-5,9-10,15H,3,6-8,11-14H2,1H3,(H,18,20)/t15-/m0/s1. The summed E-state index contributed by atoms with van der Waals surface area (Å²) >= 11 is 0. The number of amides is 1. The molecule has 1 N–H and O–H groups in total. The number of carbonyl (C=O) groups excluding carboxylic acids is 1. The fraction of sp³-hybridized carbons (Fsp3) is 0.588. The minimum Gasteiger partial charge on any atom is -0.481 e. The van der Waals surface area contributed by atoms with Gasteiger partial charge in [-0.3, -0.25) is 4.79 Å². The largest absolute Gasteiger partial charge is 0.481 e. The molecule has 0 unspecified atom stereocenters. The number of rotatable bonds is 7. The summed E-state index contributed by atoms with van der Waals surface area (Å²) in [7, 11) is 0. The van der Waals surface area contributed by atoms with Crippen molar-refractivity contribution in [2.45, 2.75) is 38.7 Å². The van der Waals surface area contributed by atoms with Crippen LogP contribution in [0, 0.1) is 0 Å². The summed E-state index contributed by atoms with van der Waals surface area (Å²) in [5, 5.41) is 2.95. The highest BCUT2D eigenvalue weighted by Crippen LogP contribution is 2.11. The van der Waals surface area contributed by atoms with Gasteiger partial charge in [0.1, 0.15) is 5.75 Å². The molecule has 4 heteroatoms. The van der Waals surface area contributed by atoms with Crippen LogP contribution in [0.2, 0.25) is 0 Å². The first-order valence-corrected chi connectivity index (χ1v) is 7.97. The Morgan fingerprint density at radius 1 is 1.24 bits per heavy atom. The number of nitrogens with zero attached hydrogens (tertiary/aromatic N) is 1. The first-order valence-electron chi connectivity index (χ1n) is 7.97. The van der Waals surface area contributed by atoms with Crippen molar-refractivity contribution >= 4 is 5.91 Å². The van der Waals surface area contributed by atoms with Gasteiger partial charge in [-0.2, -0.15) is 0 Å². The van der Waals surface area contributed by atoms with Crippen LogP contribution in [0.5, 0.6) is 5.75 Å². The fourth-order valence-corrected chi connectivity index (χ4v) is 2.60. The average molecular weight is 290 g/mol. The maximum atomic E-state index is 11.9. The third-order valence-electron chi connectivity index (χ3n) is 3.82. The first-order chi connectivity index (χ1) is 10.3. The number of carbonyl (C=O) groups is 1. The first kappa shape index (κ1) is 15.8. The molecule has 0 aromatic heterocycles. The van der Waals surface area contributed by atoms with E-state index >= 15 is 0 Å². The lowest BCUT2D eigenvalue weighted by molar-refractivity contribution is -0.127. The van der Waals surface area contributed by atoms with Gasteiger partial charge in [-0.1, -0.05) is 24.6 Å². The van der Waals surface area contributed by atoms with Gasteiger partial charge in [0.2, 0.25) is 0 Å². The zero-order valence-corrected chi connectivity index (χ0v) is 12.9. The van der Waals surface area contributed by atoms with Crippen molar-refractivity contribution in [2.24, 2.45) is 0 Å². The molecule has 0 radical (unpaired) electrons. The van der Waals surface area contributed by atoms with E-state index in [-0.39, 0.29) is 5.91 Å². The highest BCUT2D eigenvalue weighted by Gasteiger charge is 2.14. The quantitative estimate of drug-likeness (QED) is 0.784. The van der Waals surface area contributed by atoms with E-state index in [9.17, 15) is 4.79 Å². The monoisotopic (exact) mass is 290 g/mol. The van der Waals surface area contributed by atoms with Gasteiger partial charge in [0.15, 0.2) is 6.10 Å². The Bertz CT molecular complexity index is 416. The molecule has 116 valence electrons. The highest BCUT2D eigenvalue weighted by atomic mass is 16.5. The van der Waals surface area contributed by atoms with Crippen molar-refractivity contribution in [1.82, 2.24) is 10.2 Å². The van der Waals surface area contributed by atoms with Gasteiger partial charge >= 0.3 is 0 Å². The van der Waals surface area contributed by atoms with Crippen LogP contribution < -0.4 is 10.1 Å². The van der Waals surface area contributed by atoms with E-state index in [0.29, 0.717) is 0 Å². The van der Waals surface area contributed by atoms with E-state index in [2.05, 4.69) is 10.2 Å². The molecule has 1 heterocycles. The summed E-state index contributed by atoms with van der Waals surface area (Å²) in [5.74, 6) is 0.686. The van der Waals surface area contributed by atoms with E-state index in [4.69, 9.17) is 4.74 Å². The Hall–Kier alpha value is -1.55. The molecule has 1 aromatic carbocycles. The predicted octanol–water partition coefficient (Wildman–Crippen LogP) is 2.45. The van der Waals surface area contributed by atoms with E-state index in [1.807, 2.05) is 30.3 Å². The van der Waals surface area contributed by atoms with Crippen LogP contribution in [0.25, 0.3) is 0 Å². The van der Waals surface area contributed by atoms with Crippen molar-refractivity contribution in [3.8, 4) is 5.75 Å². The summed E-state index contributed by atoms with van der Waals surface area (Å²) in [5.41, 5.74) is 0. The second-order valence-electron chi connectivity index (χ2n) is 5.62. The van der Waals surface area contributed by atoms with Crippen molar-refractivity contribution in [1.29, 1.82) is 0 Å². The molecule has 0 aliphatic carbocycles. The zero-order chi connectivity index (χ0) is 14.9. The molecule has 0 bridgehead atoms. The van der Waals surface area contributed by atoms with Gasteiger partial charge in [0.25, 0.3) is 5.91 Å². The molecular formula is C17H26N2O2. The molecule has 1 saturated heterocycles. The predicted molar refractivity (Wildman–Crippen MR) is 84.4 cm³/mol. The number of piperidine rings is 1. The lowest BCUT2D eigenvalue weighted by Gasteiger charge is -2.26. The normalized spacial score (nSPS) is 17.2. The third-order valence-corrected chi connectivity index (χ3v) is 3.82. The summed E-state index contributed by atoms with van der Waals surface area (Å²) in [6.45, 7) is 6.00. The number of benzene rings is 1. The van der Waals surface area contributed by atoms with E-state index in [0.717, 1.165) is 25.3 Å². The molecule has 1 atom stereocenters. The summed E-state index contributed by atoms with van der Waals surface area (Å²) < 4.78 is 5.60. The van der Waals surface area contributed by atoms with E-state index < -0.39 is 6.10 Å². The summed E-state index contributed by atoms with van der Waals surface area (Å²) in [6, 6.07) is 9.45. The smallest absolute Gasteiger partial charge is 0.260 e. The van der Waals surface area contributed by atoms with Gasteiger partial charge in [0, 0.05) is 6.54 Å². The number of ether oxygens (including phenoxy) is 1. The molecule has 1 amide bonds. The molecule has 0 spiro atoms. The Morgan fingerprint density at radius 3 is 2.67 bits per heavy atom. The SMILES string of the molecule is C[C@H](Oc1ccccc1)C(=O)NCCCN1CCCCC1. The van der Waals surface area contributed by atoms with Crippen molar-refractivity contribution < 1.29 is 9.53 Å². The van der Waals surface area contributed by atoms with Gasteiger partial charge in [0.05, 0.1) is 0 Å². The second kappa shape index (κ2) is 8.67. The van der Waals surface area contributed by atoms with Crippen LogP contribution >= 0.6 is 0 Å². The molecule has 1 aromatic rings. The molecule has 21 heavy (non-hydrogen) atoms. The van der Waals surface area contributed by atoms with Gasteiger partial charge in [-0.05, 0) is 58.0 Å². The summed E-state index contributed by atoms with van der Waals surface area (Å²) in [6.07, 6.45) is 4.54. The van der Waals surface area contributed by atoms with Gasteiger partial charge in [-0.15, -0.1) is 0 Å². The number of para-hydroxylation sites is 1. The van der Waals surface area contributed by atoms with Crippen molar-refractivity contribution in [3.63, 3.8) is 0 Å². The molecule has 1 aliphatic heterocycles. The Morgan fingerprint density at radius 2 is 1.95 bits per heavy atom. The third kappa shape index (κ3) is 5.76. The minimum absolute atomic E-state index is 0.0440. The Labute approximate surface area is 127 Å². The van der Waals surface area contributed by atoms with E-state index in [1.54, 1.807) is 6.92 Å². The molecule has 1 aliphatic rings. The fourth-order valence-electron chi connectivity index (χ4n) is 2.60. The van der Waals surface area contributed by atoms with Crippen molar-refractivity contribution in [2.75, 3.05) is 26.2 Å². The Kier molecular flexibility index (Phi) is 6.54. The van der Waals surface area contributed by atoms with Gasteiger partial charge < -0.3 is 15.0 Å². The van der Waals surface area contributed by atoms with Crippen LogP contribution in [0.4, 0.5) is 0 Å². The van der Waals surface area contributed by atoms with Crippen molar-refractivity contribution in [3.05, 3.63) is 30.3 Å². The van der Waals surface area contributed by atoms with E-state index in [1.165, 1.54) is 32.4 Å². The number of likely N-dealkylation sites (tertiary alicyclic amines) is 1. The summed E-state index contributed by atoms with van der Waals surface area (Å²) in [4.78, 5) is 14.4. The number of nitrogens with one attached hydrogen (secondary N) is 1. The highest BCUT2D eigenvalue weighted by molar-refractivity contribution is 5.80. The minimum atomic E-state index is -0.456. The number of hydrogen-bond donors (Lipinski definition) is 1. The molecule has 4 nitrogen and oxygen atoms in total. The van der Waals surface area contributed by atoms with Crippen LogP contribution in [0.15, 0.2) is 30.3 Å². The van der Waals surface area contributed by atoms with Crippen LogP contribution in [-0.4, -0.2) is 43.1 Å². The lowest BCUT2D eigenvalue weighted by atomic mass is 10.1. The number of hydrogen-bond acceptors (Lipinski definition) is 3. The maximum absolute atomic E-state index is 11.9. The lowest BCUT2D eigenvalue weighted by Crippen LogP contribution is -2.38. The Balaban J connectivity index is 1.60. The van der Waals surface area contributed by atoms with Crippen LogP contribution in [0.1, 0.15) is 32.6 Å². The average Bonchev–Trinajstić information content (AvgIpc) is 2.53. The molecule has 0 saturated carbocycles. The molecule has 2 rings (SSSR count). The topological polar surface area (TPSA) is 41.6 Å². The zero-order valence-electron chi connectivity index (χ0n) is 12.9. The van der Waals surface area contributed by atoms with Gasteiger partial charge in [-0.25, -0.2) is 0 Å². The van der Waals surface area contributed by atoms with Crippen LogP contribution in [0.3, 0.4) is 0 Å². The second-order valence-corrected chi connectivity index (χ2v) is 5.62. The van der Waals surface area contributed by atoms with Crippen LogP contribution in [-0.2, 0) is 4.79 Å². The maximum Gasteiger partial charge on any atom is 0.260 e.